The number of hydrogen-bond donors (Lipinski definition) is 1. The van der Waals surface area contributed by atoms with Crippen molar-refractivity contribution in [3.63, 3.8) is 0 Å². The minimum absolute atomic E-state index is 0.00965. The fourth-order valence-electron chi connectivity index (χ4n) is 4.17. The predicted octanol–water partition coefficient (Wildman–Crippen LogP) is 6.43. The number of halogens is 3. The van der Waals surface area contributed by atoms with Crippen LogP contribution >= 0.6 is 34.7 Å². The summed E-state index contributed by atoms with van der Waals surface area (Å²) in [7, 11) is 0. The van der Waals surface area contributed by atoms with Gasteiger partial charge in [0.25, 0.3) is 5.91 Å². The van der Waals surface area contributed by atoms with Crippen LogP contribution in [0.2, 0.25) is 9.36 Å². The Labute approximate surface area is 217 Å². The molecular formula is C25H24Cl2FN3O3S. The van der Waals surface area contributed by atoms with Crippen molar-refractivity contribution in [2.45, 2.75) is 44.7 Å². The highest BCUT2D eigenvalue weighted by Crippen LogP contribution is 2.35. The van der Waals surface area contributed by atoms with Crippen molar-refractivity contribution in [2.75, 3.05) is 11.5 Å². The van der Waals surface area contributed by atoms with Crippen LogP contribution in [0.15, 0.2) is 48.5 Å². The molecule has 1 fully saturated rings. The summed E-state index contributed by atoms with van der Waals surface area (Å²) < 4.78 is 23.6. The standard InChI is InChI=1S/C25H24Cl2FN3O3S/c1-2-34-19-13-7-15(8-14-19)22(24(32)29-17-5-3-4-6-17)31(18-11-9-16(28)10-12-18)25(33)21-20(26)23(27)35-30-21/h7-14,17,22H,2-6H2,1H3,(H,29,32)/t22-/m0/s1. The molecule has 1 aliphatic rings. The smallest absolute Gasteiger partial charge is 0.280 e. The summed E-state index contributed by atoms with van der Waals surface area (Å²) in [5.41, 5.74) is 0.798. The van der Waals surface area contributed by atoms with E-state index in [1.165, 1.54) is 29.2 Å². The summed E-state index contributed by atoms with van der Waals surface area (Å²) in [5, 5.41) is 3.10. The Balaban J connectivity index is 1.81. The van der Waals surface area contributed by atoms with E-state index in [0.29, 0.717) is 23.6 Å². The van der Waals surface area contributed by atoms with Crippen LogP contribution in [-0.2, 0) is 4.79 Å². The molecule has 1 heterocycles. The lowest BCUT2D eigenvalue weighted by Crippen LogP contribution is -2.46. The molecule has 0 unspecified atom stereocenters. The first-order chi connectivity index (χ1) is 16.9. The fourth-order valence-corrected chi connectivity index (χ4v) is 5.16. The molecule has 10 heteroatoms. The van der Waals surface area contributed by atoms with Crippen LogP contribution in [0.3, 0.4) is 0 Å². The lowest BCUT2D eigenvalue weighted by molar-refractivity contribution is -0.123. The maximum Gasteiger partial charge on any atom is 0.280 e. The first-order valence-corrected chi connectivity index (χ1v) is 12.8. The zero-order valence-corrected chi connectivity index (χ0v) is 21.3. The third-order valence-corrected chi connectivity index (χ3v) is 7.45. The van der Waals surface area contributed by atoms with E-state index in [1.807, 2.05) is 6.92 Å². The van der Waals surface area contributed by atoms with Gasteiger partial charge in [0.2, 0.25) is 5.91 Å². The van der Waals surface area contributed by atoms with E-state index < -0.39 is 17.8 Å². The summed E-state index contributed by atoms with van der Waals surface area (Å²) in [5.74, 6) is -0.800. The van der Waals surface area contributed by atoms with Gasteiger partial charge in [0.1, 0.15) is 27.0 Å². The zero-order valence-electron chi connectivity index (χ0n) is 19.0. The second-order valence-electron chi connectivity index (χ2n) is 8.16. The third-order valence-electron chi connectivity index (χ3n) is 5.84. The average Bonchev–Trinajstić information content (AvgIpc) is 3.48. The van der Waals surface area contributed by atoms with Crippen molar-refractivity contribution in [3.05, 3.63) is 75.0 Å². The van der Waals surface area contributed by atoms with Gasteiger partial charge < -0.3 is 10.1 Å². The van der Waals surface area contributed by atoms with Crippen LogP contribution in [0, 0.1) is 5.82 Å². The molecule has 3 aromatic rings. The minimum Gasteiger partial charge on any atom is -0.494 e. The molecule has 2 amide bonds. The van der Waals surface area contributed by atoms with Gasteiger partial charge in [-0.15, -0.1) is 0 Å². The number of hydrogen-bond acceptors (Lipinski definition) is 5. The quantitative estimate of drug-likeness (QED) is 0.360. The van der Waals surface area contributed by atoms with Gasteiger partial charge in [0.05, 0.1) is 6.61 Å². The number of amides is 2. The van der Waals surface area contributed by atoms with Crippen molar-refractivity contribution in [2.24, 2.45) is 0 Å². The molecule has 0 saturated heterocycles. The van der Waals surface area contributed by atoms with E-state index in [-0.39, 0.29) is 27.0 Å². The van der Waals surface area contributed by atoms with Gasteiger partial charge in [0.15, 0.2) is 5.69 Å². The molecule has 4 rings (SSSR count). The first-order valence-electron chi connectivity index (χ1n) is 11.3. The Morgan fingerprint density at radius 1 is 1.14 bits per heavy atom. The second-order valence-corrected chi connectivity index (χ2v) is 9.92. The SMILES string of the molecule is CCOc1ccc([C@@H](C(=O)NC2CCCC2)N(C(=O)c2nsc(Cl)c2Cl)c2ccc(F)cc2)cc1. The van der Waals surface area contributed by atoms with Gasteiger partial charge in [-0.05, 0) is 73.3 Å². The highest BCUT2D eigenvalue weighted by atomic mass is 35.5. The number of nitrogens with one attached hydrogen (secondary N) is 1. The number of rotatable bonds is 8. The van der Waals surface area contributed by atoms with Gasteiger partial charge in [-0.2, -0.15) is 4.37 Å². The number of carbonyl (C=O) groups is 2. The lowest BCUT2D eigenvalue weighted by Gasteiger charge is -2.32. The number of aromatic nitrogens is 1. The summed E-state index contributed by atoms with van der Waals surface area (Å²) in [4.78, 5) is 28.8. The topological polar surface area (TPSA) is 71.5 Å². The Hall–Kier alpha value is -2.68. The van der Waals surface area contributed by atoms with E-state index in [0.717, 1.165) is 37.2 Å². The van der Waals surface area contributed by atoms with Crippen LogP contribution < -0.4 is 15.0 Å². The number of ether oxygens (including phenoxy) is 1. The van der Waals surface area contributed by atoms with Gasteiger partial charge in [0, 0.05) is 11.7 Å². The van der Waals surface area contributed by atoms with Crippen LogP contribution in [0.5, 0.6) is 5.75 Å². The molecule has 1 saturated carbocycles. The van der Waals surface area contributed by atoms with Gasteiger partial charge in [-0.25, -0.2) is 4.39 Å². The van der Waals surface area contributed by atoms with Crippen molar-refractivity contribution in [3.8, 4) is 5.75 Å². The maximum absolute atomic E-state index is 13.8. The molecule has 184 valence electrons. The highest BCUT2D eigenvalue weighted by molar-refractivity contribution is 7.11. The minimum atomic E-state index is -1.07. The average molecular weight is 536 g/mol. The van der Waals surface area contributed by atoms with Crippen molar-refractivity contribution in [1.82, 2.24) is 9.69 Å². The van der Waals surface area contributed by atoms with Crippen LogP contribution in [-0.4, -0.2) is 28.8 Å². The van der Waals surface area contributed by atoms with Gasteiger partial charge in [-0.1, -0.05) is 48.2 Å². The highest BCUT2D eigenvalue weighted by Gasteiger charge is 2.37. The molecule has 1 N–H and O–H groups in total. The maximum atomic E-state index is 13.8. The Bertz CT molecular complexity index is 1180. The largest absolute Gasteiger partial charge is 0.494 e. The zero-order chi connectivity index (χ0) is 24.9. The molecule has 0 radical (unpaired) electrons. The summed E-state index contributed by atoms with van der Waals surface area (Å²) in [6.07, 6.45) is 3.82. The van der Waals surface area contributed by atoms with E-state index in [1.54, 1.807) is 24.3 Å². The van der Waals surface area contributed by atoms with Crippen molar-refractivity contribution >= 4 is 52.2 Å². The molecule has 1 atom stereocenters. The monoisotopic (exact) mass is 535 g/mol. The number of carbonyl (C=O) groups excluding carboxylic acids is 2. The van der Waals surface area contributed by atoms with Crippen molar-refractivity contribution in [1.29, 1.82) is 0 Å². The van der Waals surface area contributed by atoms with E-state index >= 15 is 0 Å². The third kappa shape index (κ3) is 5.77. The molecule has 0 spiro atoms. The van der Waals surface area contributed by atoms with E-state index in [2.05, 4.69) is 9.69 Å². The second kappa shape index (κ2) is 11.4. The summed E-state index contributed by atoms with van der Waals surface area (Å²) in [6.45, 7) is 2.37. The van der Waals surface area contributed by atoms with Crippen LogP contribution in [0.4, 0.5) is 10.1 Å². The number of nitrogens with zero attached hydrogens (tertiary/aromatic N) is 2. The molecule has 1 aromatic heterocycles. The molecule has 1 aliphatic carbocycles. The Morgan fingerprint density at radius 2 is 1.80 bits per heavy atom. The normalized spacial score (nSPS) is 14.5. The molecule has 0 aliphatic heterocycles. The van der Waals surface area contributed by atoms with E-state index in [9.17, 15) is 14.0 Å². The van der Waals surface area contributed by atoms with Crippen LogP contribution in [0.25, 0.3) is 0 Å². The Kier molecular flexibility index (Phi) is 8.26. The Morgan fingerprint density at radius 3 is 2.37 bits per heavy atom. The summed E-state index contributed by atoms with van der Waals surface area (Å²) >= 11 is 13.2. The van der Waals surface area contributed by atoms with Gasteiger partial charge >= 0.3 is 0 Å². The van der Waals surface area contributed by atoms with Gasteiger partial charge in [-0.3, -0.25) is 14.5 Å². The molecular weight excluding hydrogens is 512 g/mol. The fraction of sp³-hybridized carbons (Fsp3) is 0.320. The number of benzene rings is 2. The predicted molar refractivity (Wildman–Crippen MR) is 136 cm³/mol. The molecule has 2 aromatic carbocycles. The number of anilines is 1. The molecule has 35 heavy (non-hydrogen) atoms. The lowest BCUT2D eigenvalue weighted by atomic mass is 10.0. The molecule has 0 bridgehead atoms. The van der Waals surface area contributed by atoms with E-state index in [4.69, 9.17) is 27.9 Å². The first kappa shape index (κ1) is 25.4. The summed E-state index contributed by atoms with van der Waals surface area (Å²) in [6, 6.07) is 11.3. The van der Waals surface area contributed by atoms with Crippen molar-refractivity contribution < 1.29 is 18.7 Å². The molecule has 6 nitrogen and oxygen atoms in total. The van der Waals surface area contributed by atoms with Crippen LogP contribution in [0.1, 0.15) is 54.7 Å².